The monoisotopic (exact) mass is 440 g/mol. The van der Waals surface area contributed by atoms with E-state index in [4.69, 9.17) is 21.1 Å². The summed E-state index contributed by atoms with van der Waals surface area (Å²) in [7, 11) is 1.97. The van der Waals surface area contributed by atoms with Gasteiger partial charge in [0.25, 0.3) is 0 Å². The molecule has 0 atom stereocenters. The number of halogens is 2. The minimum atomic E-state index is 0.439. The molecule has 0 aliphatic carbocycles. The first-order valence-electron chi connectivity index (χ1n) is 8.81. The van der Waals surface area contributed by atoms with Gasteiger partial charge in [-0.25, -0.2) is 0 Å². The van der Waals surface area contributed by atoms with Crippen molar-refractivity contribution in [1.29, 1.82) is 0 Å². The number of hydrogen-bond acceptors (Lipinski definition) is 4. The molecular weight excluding hydrogens is 416 g/mol. The van der Waals surface area contributed by atoms with Crippen LogP contribution < -0.4 is 20.1 Å². The summed E-state index contributed by atoms with van der Waals surface area (Å²) < 4.78 is 12.8. The lowest BCUT2D eigenvalue weighted by molar-refractivity contribution is 0.269. The summed E-state index contributed by atoms with van der Waals surface area (Å²) in [5.74, 6) is 1.47. The molecule has 6 heteroatoms. The molecule has 0 aliphatic heterocycles. The van der Waals surface area contributed by atoms with E-state index in [2.05, 4.69) is 26.6 Å². The van der Waals surface area contributed by atoms with Crippen molar-refractivity contribution in [3.8, 4) is 11.5 Å². The van der Waals surface area contributed by atoms with Crippen LogP contribution in [0, 0.1) is 0 Å². The van der Waals surface area contributed by atoms with E-state index in [0.29, 0.717) is 18.2 Å². The summed E-state index contributed by atoms with van der Waals surface area (Å²) in [6.07, 6.45) is 1.09. The average Bonchev–Trinajstić information content (AvgIpc) is 2.62. The Bertz CT molecular complexity index is 698. The molecule has 2 N–H and O–H groups in total. The summed E-state index contributed by atoms with van der Waals surface area (Å²) >= 11 is 9.68. The van der Waals surface area contributed by atoms with E-state index in [1.165, 1.54) is 0 Å². The van der Waals surface area contributed by atoms with Crippen molar-refractivity contribution in [3.05, 3.63) is 57.0 Å². The van der Waals surface area contributed by atoms with Crippen molar-refractivity contribution in [2.45, 2.75) is 26.5 Å². The third-order valence-corrected chi connectivity index (χ3v) is 4.77. The van der Waals surface area contributed by atoms with E-state index < -0.39 is 0 Å². The van der Waals surface area contributed by atoms with Crippen molar-refractivity contribution in [2.24, 2.45) is 0 Å². The second kappa shape index (κ2) is 11.4. The summed E-state index contributed by atoms with van der Waals surface area (Å²) in [5, 5.41) is 7.30. The van der Waals surface area contributed by atoms with Crippen molar-refractivity contribution in [2.75, 3.05) is 26.7 Å². The highest BCUT2D eigenvalue weighted by atomic mass is 79.9. The molecule has 2 rings (SSSR count). The van der Waals surface area contributed by atoms with Gasteiger partial charge in [0, 0.05) is 16.0 Å². The number of ether oxygens (including phenoxy) is 2. The number of rotatable bonds is 11. The maximum atomic E-state index is 6.04. The summed E-state index contributed by atoms with van der Waals surface area (Å²) in [5.41, 5.74) is 2.17. The quantitative estimate of drug-likeness (QED) is 0.493. The van der Waals surface area contributed by atoms with Crippen LogP contribution in [-0.2, 0) is 13.2 Å². The molecule has 0 amide bonds. The molecule has 0 aliphatic rings. The molecule has 0 saturated heterocycles. The molecule has 0 bridgehead atoms. The van der Waals surface area contributed by atoms with Crippen LogP contribution in [0.4, 0.5) is 0 Å². The predicted molar refractivity (Wildman–Crippen MR) is 111 cm³/mol. The van der Waals surface area contributed by atoms with Gasteiger partial charge in [-0.05, 0) is 68.9 Å². The van der Waals surface area contributed by atoms with E-state index >= 15 is 0 Å². The Morgan fingerprint density at radius 1 is 1.08 bits per heavy atom. The first kappa shape index (κ1) is 21.0. The molecule has 0 spiro atoms. The fourth-order valence-corrected chi connectivity index (χ4v) is 3.17. The third-order valence-electron chi connectivity index (χ3n) is 3.79. The van der Waals surface area contributed by atoms with Crippen LogP contribution >= 0.6 is 27.5 Å². The number of hydrogen-bond donors (Lipinski definition) is 2. The molecule has 0 heterocycles. The van der Waals surface area contributed by atoms with Gasteiger partial charge in [0.05, 0.1) is 6.61 Å². The number of benzene rings is 2. The molecule has 0 saturated carbocycles. The van der Waals surface area contributed by atoms with Gasteiger partial charge in [0.1, 0.15) is 6.61 Å². The van der Waals surface area contributed by atoms with Crippen LogP contribution in [0.25, 0.3) is 0 Å². The van der Waals surface area contributed by atoms with Gasteiger partial charge < -0.3 is 20.1 Å². The molecule has 0 radical (unpaired) electrons. The molecule has 2 aromatic carbocycles. The molecular formula is C20H26BrClN2O2. The Balaban J connectivity index is 2.04. The van der Waals surface area contributed by atoms with Crippen molar-refractivity contribution < 1.29 is 9.47 Å². The largest absolute Gasteiger partial charge is 0.490 e. The maximum Gasteiger partial charge on any atom is 0.162 e. The van der Waals surface area contributed by atoms with Crippen LogP contribution in [0.15, 0.2) is 40.9 Å². The molecule has 142 valence electrons. The van der Waals surface area contributed by atoms with Crippen LogP contribution in [0.1, 0.15) is 24.5 Å². The molecule has 4 nitrogen and oxygen atoms in total. The SMILES string of the molecule is CCOc1cc(CNCCCNC)c(Br)cc1OCc1cccc(Cl)c1. The second-order valence-electron chi connectivity index (χ2n) is 5.88. The Kier molecular flexibility index (Phi) is 9.26. The summed E-state index contributed by atoms with van der Waals surface area (Å²) in [6, 6.07) is 11.7. The molecule has 0 aromatic heterocycles. The van der Waals surface area contributed by atoms with E-state index in [1.54, 1.807) is 0 Å². The van der Waals surface area contributed by atoms with Crippen LogP contribution in [0.2, 0.25) is 5.02 Å². The highest BCUT2D eigenvalue weighted by Gasteiger charge is 2.11. The lowest BCUT2D eigenvalue weighted by Crippen LogP contribution is -2.19. The van der Waals surface area contributed by atoms with E-state index in [-0.39, 0.29) is 0 Å². The first-order chi connectivity index (χ1) is 12.6. The van der Waals surface area contributed by atoms with E-state index in [9.17, 15) is 0 Å². The second-order valence-corrected chi connectivity index (χ2v) is 7.17. The summed E-state index contributed by atoms with van der Waals surface area (Å²) in [4.78, 5) is 0. The molecule has 2 aromatic rings. The highest BCUT2D eigenvalue weighted by Crippen LogP contribution is 2.34. The van der Waals surface area contributed by atoms with Crippen molar-refractivity contribution >= 4 is 27.5 Å². The fraction of sp³-hybridized carbons (Fsp3) is 0.400. The van der Waals surface area contributed by atoms with Crippen LogP contribution in [-0.4, -0.2) is 26.7 Å². The van der Waals surface area contributed by atoms with Gasteiger partial charge in [-0.3, -0.25) is 0 Å². The molecule has 0 unspecified atom stereocenters. The maximum absolute atomic E-state index is 6.04. The van der Waals surface area contributed by atoms with Crippen molar-refractivity contribution in [3.63, 3.8) is 0 Å². The Hall–Kier alpha value is -1.27. The number of nitrogens with one attached hydrogen (secondary N) is 2. The predicted octanol–water partition coefficient (Wildman–Crippen LogP) is 4.78. The van der Waals surface area contributed by atoms with Crippen LogP contribution in [0.3, 0.4) is 0 Å². The van der Waals surface area contributed by atoms with Crippen LogP contribution in [0.5, 0.6) is 11.5 Å². The van der Waals surface area contributed by atoms with E-state index in [1.807, 2.05) is 50.4 Å². The Labute approximate surface area is 169 Å². The minimum absolute atomic E-state index is 0.439. The minimum Gasteiger partial charge on any atom is -0.490 e. The Morgan fingerprint density at radius 2 is 1.88 bits per heavy atom. The standard InChI is InChI=1S/C20H26BrClN2O2/c1-3-25-19-11-16(13-24-9-5-8-23-2)18(21)12-20(19)26-14-15-6-4-7-17(22)10-15/h4,6-7,10-12,23-24H,3,5,8-9,13-14H2,1-2H3. The van der Waals surface area contributed by atoms with Gasteiger partial charge in [-0.1, -0.05) is 39.7 Å². The van der Waals surface area contributed by atoms with Gasteiger partial charge in [-0.15, -0.1) is 0 Å². The smallest absolute Gasteiger partial charge is 0.162 e. The zero-order valence-corrected chi connectivity index (χ0v) is 17.6. The zero-order chi connectivity index (χ0) is 18.8. The fourth-order valence-electron chi connectivity index (χ4n) is 2.49. The average molecular weight is 442 g/mol. The normalized spacial score (nSPS) is 10.8. The first-order valence-corrected chi connectivity index (χ1v) is 9.99. The lowest BCUT2D eigenvalue weighted by Gasteiger charge is -2.15. The highest BCUT2D eigenvalue weighted by molar-refractivity contribution is 9.10. The topological polar surface area (TPSA) is 42.5 Å². The zero-order valence-electron chi connectivity index (χ0n) is 15.3. The molecule has 26 heavy (non-hydrogen) atoms. The lowest BCUT2D eigenvalue weighted by atomic mass is 10.2. The Morgan fingerprint density at radius 3 is 2.62 bits per heavy atom. The third kappa shape index (κ3) is 6.80. The van der Waals surface area contributed by atoms with Gasteiger partial charge >= 0.3 is 0 Å². The van der Waals surface area contributed by atoms with Gasteiger partial charge in [0.2, 0.25) is 0 Å². The summed E-state index contributed by atoms with van der Waals surface area (Å²) in [6.45, 7) is 5.75. The van der Waals surface area contributed by atoms with Crippen molar-refractivity contribution in [1.82, 2.24) is 10.6 Å². The van der Waals surface area contributed by atoms with Gasteiger partial charge in [-0.2, -0.15) is 0 Å². The molecule has 0 fully saturated rings. The van der Waals surface area contributed by atoms with Gasteiger partial charge in [0.15, 0.2) is 11.5 Å². The van der Waals surface area contributed by atoms with E-state index in [0.717, 1.165) is 53.2 Å².